The van der Waals surface area contributed by atoms with Gasteiger partial charge in [-0.1, -0.05) is 0 Å². The molecule has 12 heteroatoms. The van der Waals surface area contributed by atoms with Crippen molar-refractivity contribution in [3.8, 4) is 45.8 Å². The molecule has 0 atom stereocenters. The Morgan fingerprint density at radius 3 is 1.28 bits per heavy atom. The lowest BCUT2D eigenvalue weighted by atomic mass is 10.2. The fourth-order valence-electron chi connectivity index (χ4n) is 6.19. The summed E-state index contributed by atoms with van der Waals surface area (Å²) < 4.78 is 22.2. The highest BCUT2D eigenvalue weighted by Crippen LogP contribution is 2.27. The number of ether oxygens (including phenoxy) is 4. The number of imidazole rings is 2. The maximum Gasteiger partial charge on any atom is 0.255 e. The highest BCUT2D eigenvalue weighted by Gasteiger charge is 2.12. The summed E-state index contributed by atoms with van der Waals surface area (Å²) in [4.78, 5) is 42.0. The maximum absolute atomic E-state index is 13.0. The second-order valence-electron chi connectivity index (χ2n) is 13.1. The van der Waals surface area contributed by atoms with Gasteiger partial charge in [-0.25, -0.2) is 9.97 Å². The summed E-state index contributed by atoms with van der Waals surface area (Å²) in [6.45, 7) is 0.853. The molecule has 0 fully saturated rings. The van der Waals surface area contributed by atoms with E-state index >= 15 is 0 Å². The molecule has 0 radical (unpaired) electrons. The van der Waals surface area contributed by atoms with Gasteiger partial charge in [0.15, 0.2) is 0 Å². The SMILES string of the molecule is COc1ccc(-c2nc3cc(NC(=O)c4ccc(OCCCOc5ccc(C(=O)Nc6ccc7[nH]c(-c8ccc(OC)cc8)nc7c6)cc5)cc4)ccc3[nH]2)cc1. The van der Waals surface area contributed by atoms with Crippen molar-refractivity contribution in [3.63, 3.8) is 0 Å². The molecular formula is C45H38N6O6. The van der Waals surface area contributed by atoms with Crippen LogP contribution in [0, 0.1) is 0 Å². The molecule has 0 spiro atoms. The van der Waals surface area contributed by atoms with Gasteiger partial charge < -0.3 is 39.5 Å². The van der Waals surface area contributed by atoms with Gasteiger partial charge in [-0.3, -0.25) is 9.59 Å². The number of rotatable bonds is 14. The number of benzene rings is 6. The normalized spacial score (nSPS) is 11.0. The van der Waals surface area contributed by atoms with E-state index in [9.17, 15) is 9.59 Å². The largest absolute Gasteiger partial charge is 0.497 e. The summed E-state index contributed by atoms with van der Waals surface area (Å²) in [5, 5.41) is 5.90. The second kappa shape index (κ2) is 16.4. The third kappa shape index (κ3) is 8.55. The molecule has 0 aliphatic carbocycles. The molecule has 0 saturated heterocycles. The van der Waals surface area contributed by atoms with Crippen molar-refractivity contribution in [2.24, 2.45) is 0 Å². The molecule has 0 bridgehead atoms. The summed E-state index contributed by atoms with van der Waals surface area (Å²) >= 11 is 0. The van der Waals surface area contributed by atoms with Crippen molar-refractivity contribution in [1.82, 2.24) is 19.9 Å². The predicted molar refractivity (Wildman–Crippen MR) is 221 cm³/mol. The minimum absolute atomic E-state index is 0.237. The average Bonchev–Trinajstić information content (AvgIpc) is 3.88. The van der Waals surface area contributed by atoms with Gasteiger partial charge in [-0.2, -0.15) is 0 Å². The molecular weight excluding hydrogens is 721 g/mol. The molecule has 12 nitrogen and oxygen atoms in total. The number of carbonyl (C=O) groups is 2. The minimum atomic E-state index is -0.237. The fraction of sp³-hybridized carbons (Fsp3) is 0.111. The lowest BCUT2D eigenvalue weighted by molar-refractivity contribution is 0.101. The minimum Gasteiger partial charge on any atom is -0.497 e. The molecule has 0 saturated carbocycles. The molecule has 284 valence electrons. The van der Waals surface area contributed by atoms with Crippen molar-refractivity contribution in [2.45, 2.75) is 6.42 Å². The predicted octanol–water partition coefficient (Wildman–Crippen LogP) is 9.14. The number of hydrogen-bond donors (Lipinski definition) is 4. The van der Waals surface area contributed by atoms with Crippen LogP contribution in [0.5, 0.6) is 23.0 Å². The van der Waals surface area contributed by atoms with E-state index in [4.69, 9.17) is 28.9 Å². The van der Waals surface area contributed by atoms with E-state index in [1.54, 1.807) is 62.8 Å². The Kier molecular flexibility index (Phi) is 10.5. The van der Waals surface area contributed by atoms with Crippen LogP contribution in [0.3, 0.4) is 0 Å². The average molecular weight is 759 g/mol. The molecule has 6 aromatic carbocycles. The highest BCUT2D eigenvalue weighted by molar-refractivity contribution is 6.06. The van der Waals surface area contributed by atoms with Crippen molar-refractivity contribution < 1.29 is 28.5 Å². The van der Waals surface area contributed by atoms with E-state index in [1.807, 2.05) is 84.9 Å². The molecule has 2 amide bonds. The number of H-pyrrole nitrogens is 2. The zero-order valence-electron chi connectivity index (χ0n) is 31.2. The van der Waals surface area contributed by atoms with Crippen LogP contribution in [0.4, 0.5) is 11.4 Å². The highest BCUT2D eigenvalue weighted by atomic mass is 16.5. The first-order chi connectivity index (χ1) is 27.9. The van der Waals surface area contributed by atoms with Crippen LogP contribution in [-0.4, -0.2) is 59.2 Å². The van der Waals surface area contributed by atoms with Gasteiger partial charge in [-0.15, -0.1) is 0 Å². The number of fused-ring (bicyclic) bond motifs is 2. The van der Waals surface area contributed by atoms with E-state index in [1.165, 1.54) is 0 Å². The van der Waals surface area contributed by atoms with Crippen LogP contribution in [0.2, 0.25) is 0 Å². The second-order valence-corrected chi connectivity index (χ2v) is 13.1. The number of aromatic nitrogens is 4. The van der Waals surface area contributed by atoms with Crippen LogP contribution in [-0.2, 0) is 0 Å². The number of amides is 2. The lowest BCUT2D eigenvalue weighted by Gasteiger charge is -2.10. The third-order valence-corrected chi connectivity index (χ3v) is 9.27. The number of hydrogen-bond acceptors (Lipinski definition) is 8. The van der Waals surface area contributed by atoms with Crippen LogP contribution < -0.4 is 29.6 Å². The number of aromatic amines is 2. The quantitative estimate of drug-likeness (QED) is 0.0802. The van der Waals surface area contributed by atoms with Crippen molar-refractivity contribution >= 4 is 45.3 Å². The van der Waals surface area contributed by atoms with E-state index in [-0.39, 0.29) is 11.8 Å². The van der Waals surface area contributed by atoms with E-state index in [0.717, 1.165) is 56.3 Å². The van der Waals surface area contributed by atoms with E-state index in [0.29, 0.717) is 53.6 Å². The molecule has 8 rings (SSSR count). The Balaban J connectivity index is 0.768. The fourth-order valence-corrected chi connectivity index (χ4v) is 6.19. The van der Waals surface area contributed by atoms with Gasteiger partial charge in [0.2, 0.25) is 0 Å². The first-order valence-corrected chi connectivity index (χ1v) is 18.3. The molecule has 8 aromatic rings. The topological polar surface area (TPSA) is 152 Å². The summed E-state index contributed by atoms with van der Waals surface area (Å²) in [6, 6.07) is 40.4. The number of carbonyl (C=O) groups excluding carboxylic acids is 2. The summed E-state index contributed by atoms with van der Waals surface area (Å²) in [5.41, 5.74) is 7.37. The van der Waals surface area contributed by atoms with Crippen LogP contribution in [0.25, 0.3) is 44.8 Å². The Hall–Kier alpha value is -7.60. The Bertz CT molecular complexity index is 2470. The molecule has 0 aliphatic rings. The number of methoxy groups -OCH3 is 2. The third-order valence-electron chi connectivity index (χ3n) is 9.27. The Labute approximate surface area is 327 Å². The smallest absolute Gasteiger partial charge is 0.255 e. The van der Waals surface area contributed by atoms with Crippen molar-refractivity contribution in [2.75, 3.05) is 38.1 Å². The molecule has 2 aromatic heterocycles. The number of nitrogens with zero attached hydrogens (tertiary/aromatic N) is 2. The van der Waals surface area contributed by atoms with E-state index in [2.05, 4.69) is 20.6 Å². The maximum atomic E-state index is 13.0. The molecule has 0 aliphatic heterocycles. The van der Waals surface area contributed by atoms with Crippen LogP contribution in [0.1, 0.15) is 27.1 Å². The Morgan fingerprint density at radius 2 is 0.895 bits per heavy atom. The van der Waals surface area contributed by atoms with Crippen molar-refractivity contribution in [3.05, 3.63) is 145 Å². The molecule has 0 unspecified atom stereocenters. The zero-order valence-corrected chi connectivity index (χ0v) is 31.2. The molecule has 2 heterocycles. The zero-order chi connectivity index (χ0) is 39.1. The van der Waals surface area contributed by atoms with E-state index < -0.39 is 0 Å². The standard InChI is InChI=1S/C45H38N6O6/c1-54-34-14-4-28(5-15-34)42-48-38-22-12-32(26-40(38)50-42)46-44(52)30-8-18-36(19-9-30)56-24-3-25-57-37-20-10-31(11-21-37)45(53)47-33-13-23-39-41(27-33)51-43(49-39)29-6-16-35(55-2)17-7-29/h4-23,26-27H,3,24-25H2,1-2H3,(H,46,52)(H,47,53)(H,48,50)(H,49,51). The van der Waals surface area contributed by atoms with Gasteiger partial charge >= 0.3 is 0 Å². The number of anilines is 2. The lowest BCUT2D eigenvalue weighted by Crippen LogP contribution is -2.12. The van der Waals surface area contributed by atoms with Crippen LogP contribution >= 0.6 is 0 Å². The Morgan fingerprint density at radius 1 is 0.509 bits per heavy atom. The first-order valence-electron chi connectivity index (χ1n) is 18.3. The molecule has 57 heavy (non-hydrogen) atoms. The van der Waals surface area contributed by atoms with Gasteiger partial charge in [0.05, 0.1) is 49.5 Å². The van der Waals surface area contributed by atoms with Gasteiger partial charge in [0.1, 0.15) is 34.6 Å². The van der Waals surface area contributed by atoms with Gasteiger partial charge in [0, 0.05) is 40.0 Å². The molecule has 4 N–H and O–H groups in total. The van der Waals surface area contributed by atoms with Crippen molar-refractivity contribution in [1.29, 1.82) is 0 Å². The number of nitrogens with one attached hydrogen (secondary N) is 4. The van der Waals surface area contributed by atoms with Crippen LogP contribution in [0.15, 0.2) is 133 Å². The summed E-state index contributed by atoms with van der Waals surface area (Å²) in [5.74, 6) is 3.84. The summed E-state index contributed by atoms with van der Waals surface area (Å²) in [6.07, 6.45) is 0.635. The summed E-state index contributed by atoms with van der Waals surface area (Å²) in [7, 11) is 3.26. The van der Waals surface area contributed by atoms with Gasteiger partial charge in [-0.05, 0) is 133 Å². The monoisotopic (exact) mass is 758 g/mol. The first kappa shape index (κ1) is 36.4. The van der Waals surface area contributed by atoms with Gasteiger partial charge in [0.25, 0.3) is 11.8 Å².